The second-order valence-corrected chi connectivity index (χ2v) is 5.22. The van der Waals surface area contributed by atoms with Crippen molar-refractivity contribution in [1.82, 2.24) is 15.3 Å². The molecule has 1 aliphatic rings. The molecule has 2 aromatic rings. The predicted molar refractivity (Wildman–Crippen MR) is 84.7 cm³/mol. The summed E-state index contributed by atoms with van der Waals surface area (Å²) in [5.41, 5.74) is 2.25. The Labute approximate surface area is 129 Å². The van der Waals surface area contributed by atoms with Gasteiger partial charge in [0.2, 0.25) is 0 Å². The number of hydrogen-bond acceptors (Lipinski definition) is 4. The number of pyridine rings is 1. The minimum atomic E-state index is 0. The number of halogens is 2. The molecule has 1 saturated heterocycles. The van der Waals surface area contributed by atoms with Crippen LogP contribution in [-0.2, 0) is 0 Å². The van der Waals surface area contributed by atoms with Crippen molar-refractivity contribution < 1.29 is 0 Å². The van der Waals surface area contributed by atoms with E-state index in [1.165, 1.54) is 17.8 Å². The molecule has 0 radical (unpaired) electrons. The molecular formula is C13H17Cl2N3S. The summed E-state index contributed by atoms with van der Waals surface area (Å²) in [6.07, 6.45) is 6.06. The third-order valence-corrected chi connectivity index (χ3v) is 4.19. The van der Waals surface area contributed by atoms with Crippen molar-refractivity contribution in [1.29, 1.82) is 0 Å². The van der Waals surface area contributed by atoms with Crippen molar-refractivity contribution in [2.75, 3.05) is 13.1 Å². The van der Waals surface area contributed by atoms with E-state index < -0.39 is 0 Å². The maximum Gasteiger partial charge on any atom is 0.0964 e. The molecule has 0 spiro atoms. The number of aromatic nitrogens is 2. The van der Waals surface area contributed by atoms with Gasteiger partial charge in [-0.3, -0.25) is 4.98 Å². The Bertz CT molecular complexity index is 484. The van der Waals surface area contributed by atoms with Gasteiger partial charge in [-0.1, -0.05) is 0 Å². The van der Waals surface area contributed by atoms with Crippen molar-refractivity contribution in [3.05, 3.63) is 34.9 Å². The molecular weight excluding hydrogens is 301 g/mol. The van der Waals surface area contributed by atoms with Crippen molar-refractivity contribution in [3.8, 4) is 11.3 Å². The van der Waals surface area contributed by atoms with E-state index in [1.54, 1.807) is 11.3 Å². The molecule has 0 unspecified atom stereocenters. The number of rotatable bonds is 2. The fourth-order valence-corrected chi connectivity index (χ4v) is 3.20. The summed E-state index contributed by atoms with van der Waals surface area (Å²) in [5, 5.41) is 6.84. The van der Waals surface area contributed by atoms with Crippen molar-refractivity contribution in [2.45, 2.75) is 18.8 Å². The molecule has 3 nitrogen and oxygen atoms in total. The van der Waals surface area contributed by atoms with Crippen LogP contribution in [0.15, 0.2) is 29.9 Å². The molecule has 0 bridgehead atoms. The second-order valence-electron chi connectivity index (χ2n) is 4.33. The lowest BCUT2D eigenvalue weighted by Crippen LogP contribution is -2.26. The number of nitrogens with zero attached hydrogens (tertiary/aromatic N) is 2. The van der Waals surface area contributed by atoms with Crippen LogP contribution in [-0.4, -0.2) is 23.1 Å². The molecule has 19 heavy (non-hydrogen) atoms. The zero-order valence-electron chi connectivity index (χ0n) is 10.4. The summed E-state index contributed by atoms with van der Waals surface area (Å²) in [6.45, 7) is 2.24. The van der Waals surface area contributed by atoms with Crippen LogP contribution in [0.5, 0.6) is 0 Å². The van der Waals surface area contributed by atoms with E-state index in [0.29, 0.717) is 5.92 Å². The smallest absolute Gasteiger partial charge is 0.0964 e. The number of hydrogen-bond donors (Lipinski definition) is 1. The molecule has 0 atom stereocenters. The number of nitrogens with one attached hydrogen (secondary N) is 1. The first kappa shape index (κ1) is 16.4. The summed E-state index contributed by atoms with van der Waals surface area (Å²) in [7, 11) is 0. The Morgan fingerprint density at radius 2 is 1.79 bits per heavy atom. The number of piperidine rings is 1. The summed E-state index contributed by atoms with van der Waals surface area (Å²) < 4.78 is 0. The van der Waals surface area contributed by atoms with Crippen LogP contribution >= 0.6 is 36.2 Å². The van der Waals surface area contributed by atoms with Crippen LogP contribution in [0.1, 0.15) is 23.8 Å². The Morgan fingerprint density at radius 3 is 2.47 bits per heavy atom. The van der Waals surface area contributed by atoms with Gasteiger partial charge in [0.1, 0.15) is 0 Å². The highest BCUT2D eigenvalue weighted by molar-refractivity contribution is 7.10. The van der Waals surface area contributed by atoms with Crippen molar-refractivity contribution in [2.24, 2.45) is 0 Å². The SMILES string of the molecule is Cl.Cl.c1cc(-c2csc(C3CCNCC3)n2)ccn1. The lowest BCUT2D eigenvalue weighted by Gasteiger charge is -2.20. The van der Waals surface area contributed by atoms with E-state index in [0.717, 1.165) is 24.3 Å². The first-order valence-corrected chi connectivity index (χ1v) is 6.88. The molecule has 1 N–H and O–H groups in total. The third kappa shape index (κ3) is 3.89. The first-order chi connectivity index (χ1) is 8.43. The topological polar surface area (TPSA) is 37.8 Å². The van der Waals surface area contributed by atoms with Crippen LogP contribution in [0.2, 0.25) is 0 Å². The maximum absolute atomic E-state index is 4.77. The van der Waals surface area contributed by atoms with Crippen LogP contribution in [0.3, 0.4) is 0 Å². The summed E-state index contributed by atoms with van der Waals surface area (Å²) in [6, 6.07) is 4.03. The van der Waals surface area contributed by atoms with E-state index in [4.69, 9.17) is 4.98 Å². The Hall–Kier alpha value is -0.680. The average molecular weight is 318 g/mol. The van der Waals surface area contributed by atoms with Gasteiger partial charge in [-0.2, -0.15) is 0 Å². The van der Waals surface area contributed by atoms with Gasteiger partial charge in [0.25, 0.3) is 0 Å². The minimum absolute atomic E-state index is 0. The molecule has 2 aromatic heterocycles. The quantitative estimate of drug-likeness (QED) is 0.921. The van der Waals surface area contributed by atoms with Gasteiger partial charge >= 0.3 is 0 Å². The molecule has 1 fully saturated rings. The highest BCUT2D eigenvalue weighted by Gasteiger charge is 2.18. The Morgan fingerprint density at radius 1 is 1.11 bits per heavy atom. The van der Waals surface area contributed by atoms with E-state index in [1.807, 2.05) is 24.5 Å². The minimum Gasteiger partial charge on any atom is -0.317 e. The molecule has 0 aliphatic carbocycles. The maximum atomic E-state index is 4.77. The van der Waals surface area contributed by atoms with Crippen molar-refractivity contribution in [3.63, 3.8) is 0 Å². The lowest BCUT2D eigenvalue weighted by molar-refractivity contribution is 0.459. The molecule has 3 heterocycles. The molecule has 1 aliphatic heterocycles. The van der Waals surface area contributed by atoms with Gasteiger partial charge in [0, 0.05) is 29.3 Å². The van der Waals surface area contributed by atoms with Crippen LogP contribution in [0.4, 0.5) is 0 Å². The van der Waals surface area contributed by atoms with Gasteiger partial charge in [-0.15, -0.1) is 36.2 Å². The molecule has 104 valence electrons. The van der Waals surface area contributed by atoms with Crippen molar-refractivity contribution >= 4 is 36.2 Å². The van der Waals surface area contributed by atoms with Crippen LogP contribution in [0, 0.1) is 0 Å². The fraction of sp³-hybridized carbons (Fsp3) is 0.385. The highest BCUT2D eigenvalue weighted by Crippen LogP contribution is 2.30. The Balaban J connectivity index is 0.000000902. The first-order valence-electron chi connectivity index (χ1n) is 6.00. The largest absolute Gasteiger partial charge is 0.317 e. The van der Waals surface area contributed by atoms with Gasteiger partial charge < -0.3 is 5.32 Å². The molecule has 0 amide bonds. The summed E-state index contributed by atoms with van der Waals surface area (Å²) >= 11 is 1.79. The van der Waals surface area contributed by atoms with E-state index in [-0.39, 0.29) is 24.8 Å². The van der Waals surface area contributed by atoms with Gasteiger partial charge in [-0.25, -0.2) is 4.98 Å². The van der Waals surface area contributed by atoms with E-state index in [2.05, 4.69) is 15.7 Å². The highest BCUT2D eigenvalue weighted by atomic mass is 35.5. The summed E-state index contributed by atoms with van der Waals surface area (Å²) in [4.78, 5) is 8.80. The number of thiazole rings is 1. The zero-order valence-corrected chi connectivity index (χ0v) is 12.9. The monoisotopic (exact) mass is 317 g/mol. The van der Waals surface area contributed by atoms with E-state index >= 15 is 0 Å². The molecule has 0 saturated carbocycles. The third-order valence-electron chi connectivity index (χ3n) is 3.19. The standard InChI is InChI=1S/C13H15N3S.2ClH/c1-5-14-6-2-10(1)12-9-17-13(16-12)11-3-7-15-8-4-11;;/h1-2,5-6,9,11,15H,3-4,7-8H2;2*1H. The summed E-state index contributed by atoms with van der Waals surface area (Å²) in [5.74, 6) is 0.650. The Kier molecular flexibility index (Phi) is 6.72. The lowest BCUT2D eigenvalue weighted by atomic mass is 9.99. The van der Waals surface area contributed by atoms with Gasteiger partial charge in [0.05, 0.1) is 10.7 Å². The fourth-order valence-electron chi connectivity index (χ4n) is 2.20. The molecule has 6 heteroatoms. The normalized spacial score (nSPS) is 15.4. The molecule has 0 aromatic carbocycles. The van der Waals surface area contributed by atoms with Crippen LogP contribution < -0.4 is 5.32 Å². The van der Waals surface area contributed by atoms with Gasteiger partial charge in [-0.05, 0) is 38.1 Å². The second kappa shape index (κ2) is 7.80. The molecule has 3 rings (SSSR count). The van der Waals surface area contributed by atoms with Crippen LogP contribution in [0.25, 0.3) is 11.3 Å². The predicted octanol–water partition coefficient (Wildman–Crippen LogP) is 3.52. The average Bonchev–Trinajstić information content (AvgIpc) is 2.90. The zero-order chi connectivity index (χ0) is 11.5. The van der Waals surface area contributed by atoms with Gasteiger partial charge in [0.15, 0.2) is 0 Å². The van der Waals surface area contributed by atoms with E-state index in [9.17, 15) is 0 Å².